The molecule has 0 spiro atoms. The molecule has 5 nitrogen and oxygen atoms in total. The fourth-order valence-corrected chi connectivity index (χ4v) is 3.35. The third-order valence-corrected chi connectivity index (χ3v) is 4.81. The van der Waals surface area contributed by atoms with E-state index in [9.17, 15) is 23.2 Å². The summed E-state index contributed by atoms with van der Waals surface area (Å²) in [5, 5.41) is 2.66. The molecular weight excluding hydrogens is 390 g/mol. The Labute approximate surface area is 170 Å². The van der Waals surface area contributed by atoms with Crippen LogP contribution in [-0.4, -0.2) is 17.7 Å². The van der Waals surface area contributed by atoms with Crippen LogP contribution in [0.25, 0.3) is 0 Å². The number of rotatable bonds is 5. The van der Waals surface area contributed by atoms with E-state index in [-0.39, 0.29) is 18.4 Å². The van der Waals surface area contributed by atoms with Gasteiger partial charge in [0.2, 0.25) is 5.91 Å². The molecule has 0 aromatic heterocycles. The van der Waals surface area contributed by atoms with Crippen molar-refractivity contribution in [2.45, 2.75) is 12.8 Å². The van der Waals surface area contributed by atoms with Crippen molar-refractivity contribution in [3.05, 3.63) is 95.1 Å². The Morgan fingerprint density at radius 1 is 0.867 bits per heavy atom. The van der Waals surface area contributed by atoms with Gasteiger partial charge in [0.1, 0.15) is 11.6 Å². The predicted molar refractivity (Wildman–Crippen MR) is 107 cm³/mol. The van der Waals surface area contributed by atoms with E-state index in [1.807, 2.05) is 0 Å². The molecule has 0 aliphatic carbocycles. The van der Waals surface area contributed by atoms with Gasteiger partial charge in [0, 0.05) is 12.1 Å². The number of nitrogens with one attached hydrogen (secondary N) is 1. The summed E-state index contributed by atoms with van der Waals surface area (Å²) in [6.07, 6.45) is -0.0227. The van der Waals surface area contributed by atoms with Gasteiger partial charge >= 0.3 is 0 Å². The third-order valence-electron chi connectivity index (χ3n) is 4.81. The summed E-state index contributed by atoms with van der Waals surface area (Å²) in [6, 6.07) is 16.0. The van der Waals surface area contributed by atoms with Gasteiger partial charge < -0.3 is 5.32 Å². The van der Waals surface area contributed by atoms with Gasteiger partial charge in [-0.25, -0.2) is 13.7 Å². The van der Waals surface area contributed by atoms with Crippen molar-refractivity contribution < 1.29 is 23.2 Å². The van der Waals surface area contributed by atoms with E-state index in [1.54, 1.807) is 42.5 Å². The van der Waals surface area contributed by atoms with Crippen LogP contribution in [0, 0.1) is 11.6 Å². The monoisotopic (exact) mass is 406 g/mol. The Bertz CT molecular complexity index is 1140. The van der Waals surface area contributed by atoms with E-state index in [2.05, 4.69) is 5.32 Å². The lowest BCUT2D eigenvalue weighted by molar-refractivity contribution is -0.116. The van der Waals surface area contributed by atoms with E-state index in [1.165, 1.54) is 6.07 Å². The van der Waals surface area contributed by atoms with Gasteiger partial charge in [-0.1, -0.05) is 18.2 Å². The molecule has 0 fully saturated rings. The second-order valence-electron chi connectivity index (χ2n) is 6.83. The van der Waals surface area contributed by atoms with Crippen molar-refractivity contribution in [2.24, 2.45) is 0 Å². The summed E-state index contributed by atoms with van der Waals surface area (Å²) < 4.78 is 26.9. The zero-order chi connectivity index (χ0) is 21.3. The number of fused-ring (bicyclic) bond motifs is 1. The summed E-state index contributed by atoms with van der Waals surface area (Å²) >= 11 is 0. The largest absolute Gasteiger partial charge is 0.326 e. The van der Waals surface area contributed by atoms with E-state index in [4.69, 9.17) is 0 Å². The highest BCUT2D eigenvalue weighted by atomic mass is 19.1. The maximum absolute atomic E-state index is 13.7. The molecule has 0 saturated heterocycles. The number of nitrogens with zero attached hydrogens (tertiary/aromatic N) is 1. The third kappa shape index (κ3) is 3.69. The van der Waals surface area contributed by atoms with Gasteiger partial charge in [-0.15, -0.1) is 0 Å². The Hall–Kier alpha value is -3.87. The van der Waals surface area contributed by atoms with Crippen molar-refractivity contribution in [3.63, 3.8) is 0 Å². The van der Waals surface area contributed by atoms with Crippen LogP contribution in [0.4, 0.5) is 20.2 Å². The molecule has 3 aromatic carbocycles. The number of hydrogen-bond acceptors (Lipinski definition) is 3. The highest BCUT2D eigenvalue weighted by Gasteiger charge is 2.36. The first kappa shape index (κ1) is 19.4. The molecule has 0 atom stereocenters. The minimum absolute atomic E-state index is 0.0352. The quantitative estimate of drug-likeness (QED) is 0.641. The average molecular weight is 406 g/mol. The predicted octanol–water partition coefficient (Wildman–Crippen LogP) is 4.34. The second-order valence-corrected chi connectivity index (χ2v) is 6.83. The first-order valence-electron chi connectivity index (χ1n) is 9.26. The van der Waals surface area contributed by atoms with Crippen molar-refractivity contribution in [3.8, 4) is 0 Å². The van der Waals surface area contributed by atoms with Gasteiger partial charge in [0.25, 0.3) is 11.8 Å². The lowest BCUT2D eigenvalue weighted by Gasteiger charge is -2.15. The van der Waals surface area contributed by atoms with Gasteiger partial charge in [-0.05, 0) is 60.5 Å². The molecule has 3 aromatic rings. The van der Waals surface area contributed by atoms with Crippen LogP contribution in [-0.2, 0) is 11.2 Å². The van der Waals surface area contributed by atoms with Crippen molar-refractivity contribution in [1.29, 1.82) is 0 Å². The van der Waals surface area contributed by atoms with Crippen LogP contribution in [0.5, 0.6) is 0 Å². The summed E-state index contributed by atoms with van der Waals surface area (Å²) in [6.45, 7) is 0. The molecule has 4 rings (SSSR count). The minimum atomic E-state index is -0.572. The van der Waals surface area contributed by atoms with Crippen molar-refractivity contribution >= 4 is 29.1 Å². The number of aryl methyl sites for hydroxylation is 1. The number of benzene rings is 3. The standard InChI is InChI=1S/C23H16F2N2O3/c24-15-9-10-20(25)14(12-15)8-11-21(28)26-16-4-3-5-17(13-16)27-22(29)18-6-1-2-7-19(18)23(27)30/h1-7,9-10,12-13H,8,11H2,(H,26,28). The summed E-state index contributed by atoms with van der Waals surface area (Å²) in [5.74, 6) is -2.41. The normalized spacial score (nSPS) is 12.8. The zero-order valence-corrected chi connectivity index (χ0v) is 15.7. The Morgan fingerprint density at radius 2 is 1.57 bits per heavy atom. The molecule has 7 heteroatoms. The molecule has 30 heavy (non-hydrogen) atoms. The first-order chi connectivity index (χ1) is 14.4. The SMILES string of the molecule is O=C(CCc1cc(F)ccc1F)Nc1cccc(N2C(=O)c3ccccc3C2=O)c1. The minimum Gasteiger partial charge on any atom is -0.326 e. The zero-order valence-electron chi connectivity index (χ0n) is 15.7. The summed E-state index contributed by atoms with van der Waals surface area (Å²) in [5.41, 5.74) is 1.48. The molecule has 0 radical (unpaired) electrons. The highest BCUT2D eigenvalue weighted by molar-refractivity contribution is 6.34. The van der Waals surface area contributed by atoms with Gasteiger partial charge in [0.05, 0.1) is 16.8 Å². The van der Waals surface area contributed by atoms with Crippen molar-refractivity contribution in [2.75, 3.05) is 10.2 Å². The molecule has 1 aliphatic rings. The van der Waals surface area contributed by atoms with Crippen LogP contribution in [0.1, 0.15) is 32.7 Å². The molecule has 0 bridgehead atoms. The molecule has 3 amide bonds. The fourth-order valence-electron chi connectivity index (χ4n) is 3.35. The number of anilines is 2. The Balaban J connectivity index is 1.46. The molecule has 0 unspecified atom stereocenters. The van der Waals surface area contributed by atoms with Crippen molar-refractivity contribution in [1.82, 2.24) is 0 Å². The number of carbonyl (C=O) groups is 3. The molecule has 1 aliphatic heterocycles. The number of imide groups is 1. The highest BCUT2D eigenvalue weighted by Crippen LogP contribution is 2.29. The van der Waals surface area contributed by atoms with Crippen LogP contribution >= 0.6 is 0 Å². The number of amides is 3. The van der Waals surface area contributed by atoms with E-state index in [0.29, 0.717) is 22.5 Å². The van der Waals surface area contributed by atoms with E-state index in [0.717, 1.165) is 23.1 Å². The smallest absolute Gasteiger partial charge is 0.266 e. The molecule has 1 heterocycles. The first-order valence-corrected chi connectivity index (χ1v) is 9.26. The molecular formula is C23H16F2N2O3. The average Bonchev–Trinajstić information content (AvgIpc) is 2.99. The maximum Gasteiger partial charge on any atom is 0.266 e. The van der Waals surface area contributed by atoms with Crippen LogP contribution < -0.4 is 10.2 Å². The van der Waals surface area contributed by atoms with Gasteiger partial charge in [-0.3, -0.25) is 14.4 Å². The van der Waals surface area contributed by atoms with Gasteiger partial charge in [-0.2, -0.15) is 0 Å². The molecule has 0 saturated carbocycles. The van der Waals surface area contributed by atoms with E-state index >= 15 is 0 Å². The maximum atomic E-state index is 13.7. The summed E-state index contributed by atoms with van der Waals surface area (Å²) in [4.78, 5) is 38.5. The Morgan fingerprint density at radius 3 is 2.27 bits per heavy atom. The fraction of sp³-hybridized carbons (Fsp3) is 0.0870. The molecule has 1 N–H and O–H groups in total. The van der Waals surface area contributed by atoms with Crippen LogP contribution in [0.15, 0.2) is 66.7 Å². The van der Waals surface area contributed by atoms with Crippen LogP contribution in [0.3, 0.4) is 0 Å². The lowest BCUT2D eigenvalue weighted by atomic mass is 10.1. The van der Waals surface area contributed by atoms with E-state index < -0.39 is 29.4 Å². The lowest BCUT2D eigenvalue weighted by Crippen LogP contribution is -2.29. The topological polar surface area (TPSA) is 66.5 Å². The summed E-state index contributed by atoms with van der Waals surface area (Å²) in [7, 11) is 0. The number of halogens is 2. The Kier molecular flexibility index (Phi) is 5.10. The second kappa shape index (κ2) is 7.87. The number of hydrogen-bond donors (Lipinski definition) is 1. The molecule has 150 valence electrons. The van der Waals surface area contributed by atoms with Gasteiger partial charge in [0.15, 0.2) is 0 Å². The van der Waals surface area contributed by atoms with Crippen LogP contribution in [0.2, 0.25) is 0 Å². The number of carbonyl (C=O) groups excluding carboxylic acids is 3.